The van der Waals surface area contributed by atoms with Crippen LogP contribution in [0.1, 0.15) is 22.0 Å². The average molecular weight is 254 g/mol. The summed E-state index contributed by atoms with van der Waals surface area (Å²) in [7, 11) is 0. The molecule has 0 radical (unpaired) electrons. The van der Waals surface area contributed by atoms with Gasteiger partial charge < -0.3 is 25.8 Å². The Morgan fingerprint density at radius 1 is 1.39 bits per heavy atom. The lowest BCUT2D eigenvalue weighted by Gasteiger charge is -2.14. The zero-order chi connectivity index (χ0) is 13.3. The smallest absolute Gasteiger partial charge is 0.250 e. The largest absolute Gasteiger partial charge is 0.394 e. The summed E-state index contributed by atoms with van der Waals surface area (Å²) in [6.45, 7) is -0.405. The molecule has 0 spiro atoms. The Bertz CT molecular complexity index is 453. The fourth-order valence-electron chi connectivity index (χ4n) is 1.92. The fraction of sp³-hybridized carbons (Fsp3) is 0.455. The van der Waals surface area contributed by atoms with Crippen molar-refractivity contribution in [1.29, 1.82) is 0 Å². The van der Waals surface area contributed by atoms with Crippen molar-refractivity contribution in [1.82, 2.24) is 4.98 Å². The molecule has 2 rings (SSSR count). The number of pyridine rings is 1. The molecule has 18 heavy (non-hydrogen) atoms. The molecule has 1 aromatic heterocycles. The van der Waals surface area contributed by atoms with E-state index in [0.717, 1.165) is 0 Å². The van der Waals surface area contributed by atoms with E-state index in [2.05, 4.69) is 4.98 Å². The molecule has 0 aromatic carbocycles. The van der Waals surface area contributed by atoms with Crippen molar-refractivity contribution in [3.05, 3.63) is 29.6 Å². The second-order valence-corrected chi connectivity index (χ2v) is 4.13. The predicted octanol–water partition coefficient (Wildman–Crippen LogP) is -1.67. The van der Waals surface area contributed by atoms with Gasteiger partial charge in [0.25, 0.3) is 0 Å². The molecule has 98 valence electrons. The van der Waals surface area contributed by atoms with Gasteiger partial charge in [0.2, 0.25) is 5.91 Å². The zero-order valence-electron chi connectivity index (χ0n) is 9.43. The molecule has 1 saturated heterocycles. The minimum absolute atomic E-state index is 0.185. The summed E-state index contributed by atoms with van der Waals surface area (Å²) in [5.74, 6) is -0.643. The van der Waals surface area contributed by atoms with Crippen molar-refractivity contribution in [2.24, 2.45) is 5.73 Å². The van der Waals surface area contributed by atoms with Crippen LogP contribution in [0.25, 0.3) is 0 Å². The van der Waals surface area contributed by atoms with Gasteiger partial charge in [-0.2, -0.15) is 0 Å². The Kier molecular flexibility index (Phi) is 3.58. The first kappa shape index (κ1) is 12.9. The van der Waals surface area contributed by atoms with Crippen LogP contribution in [0.5, 0.6) is 0 Å². The molecule has 0 unspecified atom stereocenters. The number of aliphatic hydroxyl groups is 3. The van der Waals surface area contributed by atoms with E-state index in [1.54, 1.807) is 0 Å². The molecular formula is C11H14N2O5. The highest BCUT2D eigenvalue weighted by atomic mass is 16.6. The van der Waals surface area contributed by atoms with E-state index in [0.29, 0.717) is 5.56 Å². The van der Waals surface area contributed by atoms with Gasteiger partial charge in [-0.15, -0.1) is 0 Å². The first-order valence-electron chi connectivity index (χ1n) is 5.41. The van der Waals surface area contributed by atoms with E-state index in [9.17, 15) is 15.0 Å². The molecule has 0 bridgehead atoms. The number of hydrogen-bond acceptors (Lipinski definition) is 6. The van der Waals surface area contributed by atoms with Crippen LogP contribution in [0, 0.1) is 0 Å². The van der Waals surface area contributed by atoms with E-state index in [4.69, 9.17) is 15.6 Å². The number of aliphatic hydroxyl groups excluding tert-OH is 3. The van der Waals surface area contributed by atoms with Crippen LogP contribution in [0.4, 0.5) is 0 Å². The van der Waals surface area contributed by atoms with Crippen molar-refractivity contribution >= 4 is 5.91 Å². The number of nitrogens with zero attached hydrogens (tertiary/aromatic N) is 1. The van der Waals surface area contributed by atoms with Gasteiger partial charge in [-0.1, -0.05) is 0 Å². The number of hydrogen-bond donors (Lipinski definition) is 4. The van der Waals surface area contributed by atoms with Crippen molar-refractivity contribution in [3.8, 4) is 0 Å². The van der Waals surface area contributed by atoms with E-state index >= 15 is 0 Å². The highest BCUT2D eigenvalue weighted by Gasteiger charge is 2.43. The molecular weight excluding hydrogens is 240 g/mol. The first-order valence-corrected chi connectivity index (χ1v) is 5.41. The lowest BCUT2D eigenvalue weighted by molar-refractivity contribution is -0.0228. The van der Waals surface area contributed by atoms with Gasteiger partial charge in [0, 0.05) is 18.0 Å². The third-order valence-electron chi connectivity index (χ3n) is 2.91. The number of aromatic nitrogens is 1. The molecule has 1 aliphatic rings. The topological polar surface area (TPSA) is 126 Å². The van der Waals surface area contributed by atoms with Gasteiger partial charge in [-0.25, -0.2) is 0 Å². The van der Waals surface area contributed by atoms with Crippen molar-refractivity contribution in [2.45, 2.75) is 24.4 Å². The molecule has 1 amide bonds. The number of nitrogens with two attached hydrogens (primary N) is 1. The SMILES string of the molecule is NC(=O)c1cncc([C@@H]2O[C@H](CO)[C@@H](O)[C@H]2O)c1. The Labute approximate surface area is 103 Å². The lowest BCUT2D eigenvalue weighted by atomic mass is 10.0. The Hall–Kier alpha value is -1.54. The van der Waals surface area contributed by atoms with Gasteiger partial charge in [-0.3, -0.25) is 9.78 Å². The van der Waals surface area contributed by atoms with E-state index in [-0.39, 0.29) is 5.56 Å². The van der Waals surface area contributed by atoms with Crippen LogP contribution >= 0.6 is 0 Å². The Morgan fingerprint density at radius 2 is 2.11 bits per heavy atom. The number of carbonyl (C=O) groups is 1. The number of ether oxygens (including phenoxy) is 1. The minimum atomic E-state index is -1.19. The van der Waals surface area contributed by atoms with Crippen molar-refractivity contribution < 1.29 is 24.9 Å². The minimum Gasteiger partial charge on any atom is -0.394 e. The van der Waals surface area contributed by atoms with Crippen LogP contribution in [-0.4, -0.2) is 51.1 Å². The third kappa shape index (κ3) is 2.21. The average Bonchev–Trinajstić information content (AvgIpc) is 2.66. The molecule has 0 aliphatic carbocycles. The molecule has 0 saturated carbocycles. The fourth-order valence-corrected chi connectivity index (χ4v) is 1.92. The summed E-state index contributed by atoms with van der Waals surface area (Å²) in [5.41, 5.74) is 5.74. The maximum atomic E-state index is 11.0. The van der Waals surface area contributed by atoms with Crippen LogP contribution in [-0.2, 0) is 4.74 Å². The van der Waals surface area contributed by atoms with E-state index < -0.39 is 36.9 Å². The van der Waals surface area contributed by atoms with E-state index in [1.165, 1.54) is 18.5 Å². The summed E-state index contributed by atoms with van der Waals surface area (Å²) >= 11 is 0. The highest BCUT2D eigenvalue weighted by Crippen LogP contribution is 2.33. The van der Waals surface area contributed by atoms with Gasteiger partial charge in [-0.05, 0) is 6.07 Å². The monoisotopic (exact) mass is 254 g/mol. The molecule has 1 aliphatic heterocycles. The van der Waals surface area contributed by atoms with Gasteiger partial charge in [0.15, 0.2) is 0 Å². The first-order chi connectivity index (χ1) is 8.54. The summed E-state index contributed by atoms with van der Waals surface area (Å²) in [6.07, 6.45) is -1.37. The Morgan fingerprint density at radius 3 is 2.67 bits per heavy atom. The number of rotatable bonds is 3. The molecule has 1 aromatic rings. The van der Waals surface area contributed by atoms with Crippen LogP contribution in [0.15, 0.2) is 18.5 Å². The molecule has 2 heterocycles. The predicted molar refractivity (Wildman–Crippen MR) is 59.5 cm³/mol. The normalized spacial score (nSPS) is 31.5. The highest BCUT2D eigenvalue weighted by molar-refractivity contribution is 5.92. The van der Waals surface area contributed by atoms with Crippen molar-refractivity contribution in [2.75, 3.05) is 6.61 Å². The van der Waals surface area contributed by atoms with Gasteiger partial charge in [0.05, 0.1) is 12.2 Å². The molecule has 4 atom stereocenters. The zero-order valence-corrected chi connectivity index (χ0v) is 9.43. The Balaban J connectivity index is 2.27. The lowest BCUT2D eigenvalue weighted by Crippen LogP contribution is -2.32. The standard InChI is InChI=1S/C11H14N2O5/c12-11(17)6-1-5(2-13-3-6)10-9(16)8(15)7(4-14)18-10/h1-3,7-10,14-16H,4H2,(H2,12,17)/t7-,8-,9-,10+/m1/s1. The summed E-state index contributed by atoms with van der Waals surface area (Å²) in [4.78, 5) is 14.8. The summed E-state index contributed by atoms with van der Waals surface area (Å²) < 4.78 is 5.31. The number of primary amides is 1. The van der Waals surface area contributed by atoms with Gasteiger partial charge >= 0.3 is 0 Å². The molecule has 5 N–H and O–H groups in total. The second-order valence-electron chi connectivity index (χ2n) is 4.13. The maximum Gasteiger partial charge on any atom is 0.250 e. The quantitative estimate of drug-likeness (QED) is 0.511. The number of amides is 1. The van der Waals surface area contributed by atoms with Crippen molar-refractivity contribution in [3.63, 3.8) is 0 Å². The summed E-state index contributed by atoms with van der Waals surface area (Å²) in [6, 6.07) is 1.44. The summed E-state index contributed by atoms with van der Waals surface area (Å²) in [5, 5.41) is 28.4. The number of carbonyl (C=O) groups excluding carboxylic acids is 1. The van der Waals surface area contributed by atoms with Crippen LogP contribution in [0.3, 0.4) is 0 Å². The van der Waals surface area contributed by atoms with Gasteiger partial charge in [0.1, 0.15) is 24.4 Å². The molecule has 1 fully saturated rings. The maximum absolute atomic E-state index is 11.0. The molecule has 7 heteroatoms. The van der Waals surface area contributed by atoms with Crippen LogP contribution in [0.2, 0.25) is 0 Å². The van der Waals surface area contributed by atoms with E-state index in [1.807, 2.05) is 0 Å². The third-order valence-corrected chi connectivity index (χ3v) is 2.91. The molecule has 7 nitrogen and oxygen atoms in total. The second kappa shape index (κ2) is 4.99. The van der Waals surface area contributed by atoms with Crippen LogP contribution < -0.4 is 5.73 Å².